The van der Waals surface area contributed by atoms with E-state index in [0.717, 1.165) is 6.07 Å². The first-order valence-corrected chi connectivity index (χ1v) is 7.48. The zero-order valence-electron chi connectivity index (χ0n) is 11.1. The lowest BCUT2D eigenvalue weighted by Gasteiger charge is -2.09. The van der Waals surface area contributed by atoms with E-state index in [-0.39, 0.29) is 16.2 Å². The van der Waals surface area contributed by atoms with Crippen LogP contribution >= 0.6 is 0 Å². The molecule has 8 heteroatoms. The number of carbonyl (C=O) groups excluding carboxylic acids is 1. The van der Waals surface area contributed by atoms with Crippen LogP contribution in [0.1, 0.15) is 29.8 Å². The lowest BCUT2D eigenvalue weighted by Crippen LogP contribution is -2.11. The zero-order valence-corrected chi connectivity index (χ0v) is 11.9. The van der Waals surface area contributed by atoms with E-state index in [1.807, 2.05) is 0 Å². The number of rotatable bonds is 5. The summed E-state index contributed by atoms with van der Waals surface area (Å²) in [5.74, 6) is -0.977. The Morgan fingerprint density at radius 2 is 2.00 bits per heavy atom. The fourth-order valence-corrected chi connectivity index (χ4v) is 2.82. The summed E-state index contributed by atoms with van der Waals surface area (Å²) in [5.41, 5.74) is -0.222. The fraction of sp³-hybridized carbons (Fsp3) is 0.333. The molecule has 0 N–H and O–H groups in total. The van der Waals surface area contributed by atoms with Crippen molar-refractivity contribution in [1.29, 1.82) is 0 Å². The number of aliphatic imine (C=N–C) groups is 1. The first kappa shape index (κ1) is 16.0. The van der Waals surface area contributed by atoms with Crippen molar-refractivity contribution in [1.82, 2.24) is 0 Å². The molecule has 0 bridgehead atoms. The van der Waals surface area contributed by atoms with Gasteiger partial charge in [-0.25, -0.2) is 13.4 Å². The van der Waals surface area contributed by atoms with Crippen LogP contribution in [0.25, 0.3) is 0 Å². The normalized spacial score (nSPS) is 11.1. The highest BCUT2D eigenvalue weighted by Gasteiger charge is 2.27. The Bertz CT molecular complexity index is 679. The summed E-state index contributed by atoms with van der Waals surface area (Å²) in [6.45, 7) is 6.20. The predicted octanol–water partition coefficient (Wildman–Crippen LogP) is 1.79. The first-order valence-electron chi connectivity index (χ1n) is 5.83. The number of benzene rings is 1. The van der Waals surface area contributed by atoms with Gasteiger partial charge < -0.3 is 0 Å². The number of carbonyl (C=O) groups is 1. The number of amides is 1. The average Bonchev–Trinajstić information content (AvgIpc) is 2.44. The van der Waals surface area contributed by atoms with E-state index >= 15 is 0 Å². The highest BCUT2D eigenvalue weighted by Crippen LogP contribution is 2.29. The molecule has 0 saturated heterocycles. The lowest BCUT2D eigenvalue weighted by molar-refractivity contribution is -0.387. The molecule has 7 nitrogen and oxygen atoms in total. The molecule has 1 amide bonds. The third-order valence-corrected chi connectivity index (χ3v) is 4.61. The van der Waals surface area contributed by atoms with Gasteiger partial charge in [0.15, 0.2) is 9.84 Å². The molecular formula is C12H14N2O5S. The minimum absolute atomic E-state index is 0.00394. The van der Waals surface area contributed by atoms with E-state index in [2.05, 4.69) is 11.7 Å². The number of sulfone groups is 1. The Labute approximate surface area is 116 Å². The maximum atomic E-state index is 11.9. The largest absolute Gasteiger partial charge is 0.288 e. The maximum Gasteiger partial charge on any atom is 0.288 e. The van der Waals surface area contributed by atoms with Gasteiger partial charge in [0.2, 0.25) is 0 Å². The van der Waals surface area contributed by atoms with Crippen molar-refractivity contribution in [2.75, 3.05) is 5.75 Å². The van der Waals surface area contributed by atoms with Crippen LogP contribution < -0.4 is 0 Å². The minimum Gasteiger partial charge on any atom is -0.267 e. The van der Waals surface area contributed by atoms with Crippen molar-refractivity contribution in [3.05, 3.63) is 33.4 Å². The van der Waals surface area contributed by atoms with Crippen LogP contribution in [0, 0.1) is 10.1 Å². The standard InChI is InChI=1S/C12H14N2O5S/c1-4-8-6-11(20(18,19)5-2)10(14(16)17)7-9(8)12(15)13-3/h6-7H,3-5H2,1-2H3. The molecule has 1 rings (SSSR count). The van der Waals surface area contributed by atoms with E-state index in [1.165, 1.54) is 13.0 Å². The molecule has 0 aliphatic carbocycles. The highest BCUT2D eigenvalue weighted by atomic mass is 32.2. The van der Waals surface area contributed by atoms with Gasteiger partial charge in [0, 0.05) is 6.07 Å². The Morgan fingerprint density at radius 3 is 2.40 bits per heavy atom. The molecular weight excluding hydrogens is 284 g/mol. The molecule has 1 aromatic carbocycles. The topological polar surface area (TPSA) is 107 Å². The van der Waals surface area contributed by atoms with Gasteiger partial charge in [-0.1, -0.05) is 13.8 Å². The lowest BCUT2D eigenvalue weighted by atomic mass is 10.0. The molecule has 0 atom stereocenters. The van der Waals surface area contributed by atoms with Crippen molar-refractivity contribution in [2.24, 2.45) is 4.99 Å². The summed E-state index contributed by atoms with van der Waals surface area (Å²) in [4.78, 5) is 24.7. The molecule has 0 fully saturated rings. The number of hydrogen-bond acceptors (Lipinski definition) is 5. The number of nitro benzene ring substituents is 1. The molecule has 0 aliphatic heterocycles. The molecule has 0 heterocycles. The second-order valence-electron chi connectivity index (χ2n) is 3.95. The third-order valence-electron chi connectivity index (χ3n) is 2.85. The monoisotopic (exact) mass is 298 g/mol. The summed E-state index contributed by atoms with van der Waals surface area (Å²) in [6, 6.07) is 2.13. The number of aryl methyl sites for hydroxylation is 1. The summed E-state index contributed by atoms with van der Waals surface area (Å²) < 4.78 is 23.8. The van der Waals surface area contributed by atoms with Gasteiger partial charge in [0.1, 0.15) is 4.90 Å². The molecule has 0 aliphatic rings. The zero-order chi connectivity index (χ0) is 15.5. The van der Waals surface area contributed by atoms with Crippen LogP contribution in [0.4, 0.5) is 5.69 Å². The second-order valence-corrected chi connectivity index (χ2v) is 6.20. The van der Waals surface area contributed by atoms with Gasteiger partial charge in [-0.3, -0.25) is 14.9 Å². The van der Waals surface area contributed by atoms with Crippen molar-refractivity contribution >= 4 is 28.1 Å². The minimum atomic E-state index is -3.75. The Morgan fingerprint density at radius 1 is 1.40 bits per heavy atom. The predicted molar refractivity (Wildman–Crippen MR) is 74.1 cm³/mol. The summed E-state index contributed by atoms with van der Waals surface area (Å²) in [5, 5.41) is 11.0. The highest BCUT2D eigenvalue weighted by molar-refractivity contribution is 7.91. The smallest absolute Gasteiger partial charge is 0.267 e. The van der Waals surface area contributed by atoms with E-state index < -0.39 is 26.4 Å². The van der Waals surface area contributed by atoms with Gasteiger partial charge in [-0.15, -0.1) is 0 Å². The van der Waals surface area contributed by atoms with Gasteiger partial charge in [-0.05, 0) is 24.8 Å². The van der Waals surface area contributed by atoms with Crippen LogP contribution in [0.15, 0.2) is 22.0 Å². The molecule has 0 spiro atoms. The van der Waals surface area contributed by atoms with Crippen LogP contribution in [-0.2, 0) is 16.3 Å². The third kappa shape index (κ3) is 2.90. The number of hydrogen-bond donors (Lipinski definition) is 0. The van der Waals surface area contributed by atoms with E-state index in [4.69, 9.17) is 0 Å². The van der Waals surface area contributed by atoms with Crippen molar-refractivity contribution in [2.45, 2.75) is 25.2 Å². The fourth-order valence-electron chi connectivity index (χ4n) is 1.73. The molecule has 0 radical (unpaired) electrons. The quantitative estimate of drug-likeness (QED) is 0.468. The summed E-state index contributed by atoms with van der Waals surface area (Å²) in [6.07, 6.45) is 0.348. The van der Waals surface area contributed by atoms with Crippen LogP contribution in [0.5, 0.6) is 0 Å². The van der Waals surface area contributed by atoms with Crippen LogP contribution in [0.3, 0.4) is 0 Å². The first-order chi connectivity index (χ1) is 9.28. The van der Waals surface area contributed by atoms with Crippen molar-refractivity contribution in [3.63, 3.8) is 0 Å². The van der Waals surface area contributed by atoms with Gasteiger partial charge in [0.05, 0.1) is 16.2 Å². The van der Waals surface area contributed by atoms with E-state index in [0.29, 0.717) is 12.0 Å². The Kier molecular flexibility index (Phi) is 4.72. The number of nitro groups is 1. The van der Waals surface area contributed by atoms with Gasteiger partial charge >= 0.3 is 0 Å². The molecule has 0 aromatic heterocycles. The summed E-state index contributed by atoms with van der Waals surface area (Å²) >= 11 is 0. The maximum absolute atomic E-state index is 11.9. The van der Waals surface area contributed by atoms with Gasteiger partial charge in [-0.2, -0.15) is 0 Å². The van der Waals surface area contributed by atoms with Crippen LogP contribution in [0.2, 0.25) is 0 Å². The second kappa shape index (κ2) is 5.91. The van der Waals surface area contributed by atoms with Crippen molar-refractivity contribution < 1.29 is 18.1 Å². The average molecular weight is 298 g/mol. The van der Waals surface area contributed by atoms with E-state index in [1.54, 1.807) is 6.92 Å². The molecule has 0 saturated carbocycles. The molecule has 0 unspecified atom stereocenters. The SMILES string of the molecule is C=NC(=O)c1cc([N+](=O)[O-])c(S(=O)(=O)CC)cc1CC. The van der Waals surface area contributed by atoms with Crippen molar-refractivity contribution in [3.8, 4) is 0 Å². The van der Waals surface area contributed by atoms with E-state index in [9.17, 15) is 23.3 Å². The van der Waals surface area contributed by atoms with Crippen LogP contribution in [-0.4, -0.2) is 31.7 Å². The molecule has 20 heavy (non-hydrogen) atoms. The molecule has 108 valence electrons. The number of nitrogens with zero attached hydrogens (tertiary/aromatic N) is 2. The molecule has 1 aromatic rings. The Balaban J connectivity index is 3.75. The van der Waals surface area contributed by atoms with Gasteiger partial charge in [0.25, 0.3) is 11.6 Å². The summed E-state index contributed by atoms with van der Waals surface area (Å²) in [7, 11) is -3.75. The Hall–Kier alpha value is -2.09.